The van der Waals surface area contributed by atoms with Crippen molar-refractivity contribution in [2.45, 2.75) is 12.2 Å². The summed E-state index contributed by atoms with van der Waals surface area (Å²) in [7, 11) is 3.78. The molecule has 1 saturated carbocycles. The van der Waals surface area contributed by atoms with Crippen LogP contribution >= 0.6 is 0 Å². The highest BCUT2D eigenvalue weighted by molar-refractivity contribution is 6.04. The molecule has 0 aromatic rings. The lowest BCUT2D eigenvalue weighted by Crippen LogP contribution is -2.24. The third-order valence-corrected chi connectivity index (χ3v) is 4.15. The summed E-state index contributed by atoms with van der Waals surface area (Å²) in [6.07, 6.45) is 0.280. The average Bonchev–Trinajstić information content (AvgIpc) is 2.91. The van der Waals surface area contributed by atoms with E-state index in [0.717, 1.165) is 5.57 Å². The summed E-state index contributed by atoms with van der Waals surface area (Å²) >= 11 is 0. The summed E-state index contributed by atoms with van der Waals surface area (Å²) in [5, 5.41) is 0. The Kier molecular flexibility index (Phi) is 3.09. The van der Waals surface area contributed by atoms with Crippen molar-refractivity contribution in [2.75, 3.05) is 21.3 Å². The van der Waals surface area contributed by atoms with Gasteiger partial charge in [-0.3, -0.25) is 0 Å². The molecule has 1 unspecified atom stereocenters. The molecule has 0 aromatic carbocycles. The highest BCUT2D eigenvalue weighted by Gasteiger charge is 2.69. The molecule has 7 nitrogen and oxygen atoms in total. The standard InChI is InChI=1S/C14H14O7/c1-18-6(15)4-5-7-8(5)12-10(14(17)20-3)9(11(7)21-12)13(16)19-2/h4,7-8,11-12H,1-3H3/t7-,8?,11-,12+/m1/s1. The Morgan fingerprint density at radius 1 is 0.905 bits per heavy atom. The van der Waals surface area contributed by atoms with Crippen molar-refractivity contribution in [2.24, 2.45) is 11.8 Å². The molecule has 0 amide bonds. The van der Waals surface area contributed by atoms with Crippen molar-refractivity contribution in [3.8, 4) is 0 Å². The molecule has 3 rings (SSSR count). The Labute approximate surface area is 120 Å². The number of carbonyl (C=O) groups is 3. The molecule has 0 N–H and O–H groups in total. The van der Waals surface area contributed by atoms with Gasteiger partial charge in [0, 0.05) is 17.9 Å². The summed E-state index contributed by atoms with van der Waals surface area (Å²) < 4.78 is 19.7. The fraction of sp³-hybridized carbons (Fsp3) is 0.500. The van der Waals surface area contributed by atoms with Gasteiger partial charge in [-0.25, -0.2) is 14.4 Å². The van der Waals surface area contributed by atoms with Crippen molar-refractivity contribution in [3.05, 3.63) is 22.8 Å². The molecule has 2 fully saturated rings. The van der Waals surface area contributed by atoms with Crippen molar-refractivity contribution in [1.29, 1.82) is 0 Å². The molecule has 21 heavy (non-hydrogen) atoms. The largest absolute Gasteiger partial charge is 0.466 e. The zero-order chi connectivity index (χ0) is 15.3. The number of carbonyl (C=O) groups excluding carboxylic acids is 3. The number of fused-ring (bicyclic) bond motifs is 5. The van der Waals surface area contributed by atoms with Gasteiger partial charge in [-0.1, -0.05) is 0 Å². The number of methoxy groups -OCH3 is 3. The Morgan fingerprint density at radius 3 is 1.76 bits per heavy atom. The lowest BCUT2D eigenvalue weighted by Gasteiger charge is -2.12. The van der Waals surface area contributed by atoms with Crippen molar-refractivity contribution in [1.82, 2.24) is 0 Å². The Bertz CT molecular complexity index is 560. The fourth-order valence-corrected chi connectivity index (χ4v) is 3.24. The maximum atomic E-state index is 11.9. The zero-order valence-electron chi connectivity index (χ0n) is 11.7. The van der Waals surface area contributed by atoms with Crippen LogP contribution in [0.1, 0.15) is 0 Å². The van der Waals surface area contributed by atoms with E-state index in [1.54, 1.807) is 0 Å². The first-order valence-electron chi connectivity index (χ1n) is 6.40. The molecule has 0 radical (unpaired) electrons. The summed E-state index contributed by atoms with van der Waals surface area (Å²) in [6, 6.07) is 0. The minimum absolute atomic E-state index is 0.0726. The van der Waals surface area contributed by atoms with Crippen LogP contribution in [0, 0.1) is 11.8 Å². The van der Waals surface area contributed by atoms with E-state index in [0.29, 0.717) is 0 Å². The van der Waals surface area contributed by atoms with Crippen LogP contribution < -0.4 is 0 Å². The minimum atomic E-state index is -0.606. The monoisotopic (exact) mass is 294 g/mol. The van der Waals surface area contributed by atoms with Gasteiger partial charge in [0.1, 0.15) is 0 Å². The number of hydrogen-bond acceptors (Lipinski definition) is 7. The first kappa shape index (κ1) is 13.8. The van der Waals surface area contributed by atoms with Gasteiger partial charge >= 0.3 is 17.9 Å². The molecule has 2 bridgehead atoms. The average molecular weight is 294 g/mol. The lowest BCUT2D eigenvalue weighted by atomic mass is 9.92. The van der Waals surface area contributed by atoms with Crippen LogP contribution in [0.3, 0.4) is 0 Å². The Hall–Kier alpha value is -2.15. The van der Waals surface area contributed by atoms with Gasteiger partial charge in [-0.05, 0) is 5.57 Å². The molecule has 0 spiro atoms. The summed E-state index contributed by atoms with van der Waals surface area (Å²) in [5.41, 5.74) is 1.23. The van der Waals surface area contributed by atoms with Gasteiger partial charge in [0.2, 0.25) is 0 Å². The van der Waals surface area contributed by atoms with Gasteiger partial charge in [-0.2, -0.15) is 0 Å². The van der Waals surface area contributed by atoms with Gasteiger partial charge in [0.05, 0.1) is 44.7 Å². The van der Waals surface area contributed by atoms with Gasteiger partial charge in [0.15, 0.2) is 0 Å². The van der Waals surface area contributed by atoms with Crippen LogP contribution in [0.2, 0.25) is 0 Å². The van der Waals surface area contributed by atoms with Crippen LogP contribution in [0.15, 0.2) is 22.8 Å². The topological polar surface area (TPSA) is 88.1 Å². The van der Waals surface area contributed by atoms with E-state index in [-0.39, 0.29) is 23.0 Å². The second-order valence-corrected chi connectivity index (χ2v) is 5.01. The minimum Gasteiger partial charge on any atom is -0.466 e. The number of hydrogen-bond donors (Lipinski definition) is 0. The predicted octanol–water partition coefficient (Wildman–Crippen LogP) is -0.245. The smallest absolute Gasteiger partial charge is 0.337 e. The normalized spacial score (nSPS) is 33.8. The molecule has 1 saturated heterocycles. The maximum Gasteiger partial charge on any atom is 0.337 e. The SMILES string of the molecule is COC(=O)C=C1C2[C@@H]3O[C@@H](C(C(=O)OC)=C3C(=O)OC)[C@H]12. The molecule has 1 aliphatic carbocycles. The number of esters is 3. The Morgan fingerprint density at radius 2 is 1.38 bits per heavy atom. The van der Waals surface area contributed by atoms with Crippen molar-refractivity contribution < 1.29 is 33.3 Å². The maximum absolute atomic E-state index is 11.9. The fourth-order valence-electron chi connectivity index (χ4n) is 3.24. The first-order valence-corrected chi connectivity index (χ1v) is 6.40. The van der Waals surface area contributed by atoms with Crippen molar-refractivity contribution in [3.63, 3.8) is 0 Å². The van der Waals surface area contributed by atoms with Crippen LogP contribution in [-0.2, 0) is 33.3 Å². The van der Waals surface area contributed by atoms with E-state index in [1.807, 2.05) is 0 Å². The molecule has 3 aliphatic rings. The van der Waals surface area contributed by atoms with Crippen LogP contribution in [0.25, 0.3) is 0 Å². The van der Waals surface area contributed by atoms with E-state index >= 15 is 0 Å². The second-order valence-electron chi connectivity index (χ2n) is 5.01. The van der Waals surface area contributed by atoms with Crippen LogP contribution in [0.5, 0.6) is 0 Å². The molecule has 2 heterocycles. The van der Waals surface area contributed by atoms with Gasteiger partial charge in [0.25, 0.3) is 0 Å². The van der Waals surface area contributed by atoms with Crippen LogP contribution in [-0.4, -0.2) is 51.4 Å². The summed E-state index contributed by atoms with van der Waals surface area (Å²) in [6.45, 7) is 0. The first-order chi connectivity index (χ1) is 10.0. The third-order valence-electron chi connectivity index (χ3n) is 4.15. The number of ether oxygens (including phenoxy) is 4. The van der Waals surface area contributed by atoms with E-state index in [1.165, 1.54) is 27.4 Å². The molecule has 4 atom stereocenters. The molecule has 7 heteroatoms. The molecular weight excluding hydrogens is 280 g/mol. The van der Waals surface area contributed by atoms with Crippen molar-refractivity contribution >= 4 is 17.9 Å². The quantitative estimate of drug-likeness (QED) is 0.403. The molecule has 0 aromatic heterocycles. The Balaban J connectivity index is 1.95. The number of rotatable bonds is 3. The predicted molar refractivity (Wildman–Crippen MR) is 66.8 cm³/mol. The third kappa shape index (κ3) is 1.80. The second kappa shape index (κ2) is 4.70. The molecular formula is C14H14O7. The highest BCUT2D eigenvalue weighted by atomic mass is 16.6. The summed E-state index contributed by atoms with van der Waals surface area (Å²) in [5.74, 6) is -1.82. The van der Waals surface area contributed by atoms with E-state index < -0.39 is 30.1 Å². The highest BCUT2D eigenvalue weighted by Crippen LogP contribution is 2.64. The molecule has 2 aliphatic heterocycles. The summed E-state index contributed by atoms with van der Waals surface area (Å²) in [4.78, 5) is 35.1. The van der Waals surface area contributed by atoms with E-state index in [9.17, 15) is 14.4 Å². The van der Waals surface area contributed by atoms with E-state index in [2.05, 4.69) is 4.74 Å². The zero-order valence-corrected chi connectivity index (χ0v) is 11.7. The lowest BCUT2D eigenvalue weighted by molar-refractivity contribution is -0.139. The molecule has 112 valence electrons. The van der Waals surface area contributed by atoms with Gasteiger partial charge in [-0.15, -0.1) is 0 Å². The van der Waals surface area contributed by atoms with Crippen LogP contribution in [0.4, 0.5) is 0 Å². The van der Waals surface area contributed by atoms with Gasteiger partial charge < -0.3 is 18.9 Å². The van der Waals surface area contributed by atoms with E-state index in [4.69, 9.17) is 14.2 Å².